The van der Waals surface area contributed by atoms with Crippen LogP contribution in [0, 0.1) is 11.3 Å². The number of amides is 2. The first kappa shape index (κ1) is 20.4. The molecule has 0 radical (unpaired) electrons. The van der Waals surface area contributed by atoms with Crippen molar-refractivity contribution in [1.29, 1.82) is 5.26 Å². The number of hydrogen-bond donors (Lipinski definition) is 1. The normalized spacial score (nSPS) is 12.9. The summed E-state index contributed by atoms with van der Waals surface area (Å²) in [7, 11) is 0. The van der Waals surface area contributed by atoms with Crippen LogP contribution in [0.15, 0.2) is 53.4 Å². The van der Waals surface area contributed by atoms with Crippen molar-refractivity contribution in [2.24, 2.45) is 0 Å². The SMILES string of the molecule is N#Cc1c(NC(=O)/C=C/c2ccco2)sc2c1CCN(C(=O)OCc1cccnc1)C2. The van der Waals surface area contributed by atoms with Crippen molar-refractivity contribution in [3.63, 3.8) is 0 Å². The number of fused-ring (bicyclic) bond motifs is 1. The van der Waals surface area contributed by atoms with Crippen LogP contribution in [-0.2, 0) is 29.1 Å². The maximum Gasteiger partial charge on any atom is 0.410 e. The zero-order valence-electron chi connectivity index (χ0n) is 16.4. The molecule has 0 aromatic carbocycles. The van der Waals surface area contributed by atoms with Crippen LogP contribution in [0.1, 0.15) is 27.3 Å². The molecule has 31 heavy (non-hydrogen) atoms. The van der Waals surface area contributed by atoms with Gasteiger partial charge in [0.1, 0.15) is 23.4 Å². The van der Waals surface area contributed by atoms with Crippen LogP contribution < -0.4 is 5.32 Å². The van der Waals surface area contributed by atoms with Crippen molar-refractivity contribution in [3.05, 3.63) is 76.3 Å². The van der Waals surface area contributed by atoms with Crippen LogP contribution in [0.4, 0.5) is 9.80 Å². The molecule has 4 heterocycles. The summed E-state index contributed by atoms with van der Waals surface area (Å²) in [5, 5.41) is 12.8. The van der Waals surface area contributed by atoms with Gasteiger partial charge in [-0.05, 0) is 36.3 Å². The molecule has 0 unspecified atom stereocenters. The third-order valence-electron chi connectivity index (χ3n) is 4.69. The highest BCUT2D eigenvalue weighted by atomic mass is 32.1. The number of thiophene rings is 1. The third kappa shape index (κ3) is 4.82. The lowest BCUT2D eigenvalue weighted by Crippen LogP contribution is -2.35. The van der Waals surface area contributed by atoms with E-state index in [0.29, 0.717) is 35.8 Å². The third-order valence-corrected chi connectivity index (χ3v) is 5.82. The number of anilines is 1. The summed E-state index contributed by atoms with van der Waals surface area (Å²) in [6, 6.07) is 9.26. The molecular weight excluding hydrogens is 416 g/mol. The molecule has 156 valence electrons. The molecule has 0 atom stereocenters. The van der Waals surface area contributed by atoms with E-state index in [0.717, 1.165) is 16.0 Å². The Morgan fingerprint density at radius 2 is 2.29 bits per heavy atom. The summed E-state index contributed by atoms with van der Waals surface area (Å²) in [4.78, 5) is 31.2. The van der Waals surface area contributed by atoms with Crippen LogP contribution in [0.25, 0.3) is 6.08 Å². The average Bonchev–Trinajstić information content (AvgIpc) is 3.43. The van der Waals surface area contributed by atoms with Gasteiger partial charge in [-0.15, -0.1) is 11.3 Å². The number of hydrogen-bond acceptors (Lipinski definition) is 7. The number of furan rings is 1. The second-order valence-electron chi connectivity index (χ2n) is 6.75. The summed E-state index contributed by atoms with van der Waals surface area (Å²) in [5.74, 6) is 0.195. The molecule has 8 nitrogen and oxygen atoms in total. The van der Waals surface area contributed by atoms with Gasteiger partial charge in [0.15, 0.2) is 0 Å². The smallest absolute Gasteiger partial charge is 0.410 e. The minimum absolute atomic E-state index is 0.146. The minimum Gasteiger partial charge on any atom is -0.465 e. The fourth-order valence-corrected chi connectivity index (χ4v) is 4.40. The van der Waals surface area contributed by atoms with Crippen molar-refractivity contribution in [1.82, 2.24) is 9.88 Å². The number of carbonyl (C=O) groups excluding carboxylic acids is 2. The van der Waals surface area contributed by atoms with Gasteiger partial charge in [-0.25, -0.2) is 4.79 Å². The number of nitrogens with one attached hydrogen (secondary N) is 1. The predicted molar refractivity (Wildman–Crippen MR) is 114 cm³/mol. The van der Waals surface area contributed by atoms with Crippen LogP contribution in [-0.4, -0.2) is 28.4 Å². The van der Waals surface area contributed by atoms with Gasteiger partial charge in [0.2, 0.25) is 5.91 Å². The number of rotatable bonds is 5. The second-order valence-corrected chi connectivity index (χ2v) is 7.85. The molecule has 0 spiro atoms. The highest BCUT2D eigenvalue weighted by molar-refractivity contribution is 7.16. The van der Waals surface area contributed by atoms with Crippen LogP contribution in [0.5, 0.6) is 0 Å². The van der Waals surface area contributed by atoms with Gasteiger partial charge in [-0.1, -0.05) is 6.07 Å². The molecule has 0 saturated heterocycles. The monoisotopic (exact) mass is 434 g/mol. The molecule has 3 aromatic heterocycles. The lowest BCUT2D eigenvalue weighted by molar-refractivity contribution is -0.111. The van der Waals surface area contributed by atoms with Crippen LogP contribution in [0.3, 0.4) is 0 Å². The number of aromatic nitrogens is 1. The molecule has 9 heteroatoms. The molecule has 1 aliphatic heterocycles. The molecule has 1 N–H and O–H groups in total. The number of nitriles is 1. The first-order valence-corrected chi connectivity index (χ1v) is 10.3. The fourth-order valence-electron chi connectivity index (χ4n) is 3.18. The van der Waals surface area contributed by atoms with Crippen LogP contribution >= 0.6 is 11.3 Å². The maximum atomic E-state index is 12.5. The Morgan fingerprint density at radius 3 is 3.03 bits per heavy atom. The van der Waals surface area contributed by atoms with E-state index in [9.17, 15) is 14.9 Å². The van der Waals surface area contributed by atoms with Crippen LogP contribution in [0.2, 0.25) is 0 Å². The minimum atomic E-state index is -0.423. The molecule has 0 bridgehead atoms. The summed E-state index contributed by atoms with van der Waals surface area (Å²) in [5.41, 5.74) is 2.13. The quantitative estimate of drug-likeness (QED) is 0.609. The zero-order chi connectivity index (χ0) is 21.6. The van der Waals surface area contributed by atoms with Gasteiger partial charge >= 0.3 is 6.09 Å². The molecule has 2 amide bonds. The van der Waals surface area contributed by atoms with Gasteiger partial charge in [-0.3, -0.25) is 9.78 Å². The Morgan fingerprint density at radius 1 is 1.39 bits per heavy atom. The summed E-state index contributed by atoms with van der Waals surface area (Å²) < 4.78 is 10.5. The van der Waals surface area contributed by atoms with E-state index in [-0.39, 0.29) is 12.5 Å². The maximum absolute atomic E-state index is 12.5. The van der Waals surface area contributed by atoms with E-state index in [1.807, 2.05) is 6.07 Å². The number of ether oxygens (including phenoxy) is 1. The Bertz CT molecular complexity index is 1150. The topological polar surface area (TPSA) is 108 Å². The van der Waals surface area contributed by atoms with Crippen molar-refractivity contribution >= 4 is 34.4 Å². The van der Waals surface area contributed by atoms with Gasteiger partial charge in [0, 0.05) is 35.5 Å². The van der Waals surface area contributed by atoms with Gasteiger partial charge in [0.25, 0.3) is 0 Å². The van der Waals surface area contributed by atoms with Crippen molar-refractivity contribution < 1.29 is 18.7 Å². The van der Waals surface area contributed by atoms with Gasteiger partial charge in [0.05, 0.1) is 18.4 Å². The van der Waals surface area contributed by atoms with E-state index in [1.54, 1.807) is 41.6 Å². The van der Waals surface area contributed by atoms with Crippen molar-refractivity contribution in [3.8, 4) is 6.07 Å². The Hall–Kier alpha value is -3.90. The second kappa shape index (κ2) is 9.28. The van der Waals surface area contributed by atoms with Gasteiger partial charge in [-0.2, -0.15) is 5.26 Å². The first-order valence-electron chi connectivity index (χ1n) is 9.52. The zero-order valence-corrected chi connectivity index (χ0v) is 17.2. The van der Waals surface area contributed by atoms with E-state index >= 15 is 0 Å². The highest BCUT2D eigenvalue weighted by Crippen LogP contribution is 2.36. The molecule has 3 aromatic rings. The fraction of sp³-hybridized carbons (Fsp3) is 0.182. The summed E-state index contributed by atoms with van der Waals surface area (Å²) in [6.45, 7) is 0.919. The number of carbonyl (C=O) groups is 2. The standard InChI is InChI=1S/C22H18N4O4S/c23-11-18-17-7-9-26(22(28)30-14-15-3-1-8-24-12-15)13-19(17)31-21(18)25-20(27)6-5-16-4-2-10-29-16/h1-6,8,10,12H,7,9,13-14H2,(H,25,27)/b6-5+. The Labute approximate surface area is 182 Å². The largest absolute Gasteiger partial charge is 0.465 e. The highest BCUT2D eigenvalue weighted by Gasteiger charge is 2.28. The van der Waals surface area contributed by atoms with E-state index in [4.69, 9.17) is 9.15 Å². The Kier molecular flexibility index (Phi) is 6.10. The lowest BCUT2D eigenvalue weighted by Gasteiger charge is -2.26. The predicted octanol–water partition coefficient (Wildman–Crippen LogP) is 3.95. The summed E-state index contributed by atoms with van der Waals surface area (Å²) >= 11 is 1.30. The Balaban J connectivity index is 1.41. The number of pyridine rings is 1. The molecule has 0 fully saturated rings. The molecule has 0 aliphatic carbocycles. The molecule has 0 saturated carbocycles. The molecular formula is C22H18N4O4S. The van der Waals surface area contributed by atoms with E-state index in [1.165, 1.54) is 23.7 Å². The van der Waals surface area contributed by atoms with Crippen molar-refractivity contribution in [2.75, 3.05) is 11.9 Å². The summed E-state index contributed by atoms with van der Waals surface area (Å²) in [6.07, 6.45) is 7.82. The lowest BCUT2D eigenvalue weighted by atomic mass is 10.0. The van der Waals surface area contributed by atoms with Crippen molar-refractivity contribution in [2.45, 2.75) is 19.6 Å². The molecule has 1 aliphatic rings. The van der Waals surface area contributed by atoms with Gasteiger partial charge < -0.3 is 19.4 Å². The average molecular weight is 434 g/mol. The van der Waals surface area contributed by atoms with E-state index in [2.05, 4.69) is 16.4 Å². The first-order chi connectivity index (χ1) is 15.1. The number of nitrogens with zero attached hydrogens (tertiary/aromatic N) is 3. The van der Waals surface area contributed by atoms with E-state index < -0.39 is 6.09 Å². The molecule has 4 rings (SSSR count).